The number of benzene rings is 2. The molecule has 4 heteroatoms. The molecule has 1 heterocycles. The van der Waals surface area contributed by atoms with Crippen LogP contribution < -0.4 is 10.1 Å². The van der Waals surface area contributed by atoms with Gasteiger partial charge in [-0.25, -0.2) is 0 Å². The number of fused-ring (bicyclic) bond motifs is 3. The van der Waals surface area contributed by atoms with Crippen molar-refractivity contribution in [2.75, 3.05) is 13.7 Å². The van der Waals surface area contributed by atoms with Crippen LogP contribution in [0.25, 0.3) is 16.8 Å². The number of hydrogen-bond acceptors (Lipinski definition) is 3. The minimum Gasteiger partial charge on any atom is -0.508 e. The monoisotopic (exact) mass is 255 g/mol. The van der Waals surface area contributed by atoms with E-state index >= 15 is 0 Å². The highest BCUT2D eigenvalue weighted by Crippen LogP contribution is 2.34. The van der Waals surface area contributed by atoms with Crippen molar-refractivity contribution in [2.45, 2.75) is 0 Å². The zero-order valence-electron chi connectivity index (χ0n) is 10.4. The summed E-state index contributed by atoms with van der Waals surface area (Å²) in [5, 5.41) is 14.1. The molecule has 0 unspecified atom stereocenters. The van der Waals surface area contributed by atoms with Crippen molar-refractivity contribution in [1.82, 2.24) is 5.32 Å². The second-order valence-electron chi connectivity index (χ2n) is 4.42. The van der Waals surface area contributed by atoms with Crippen LogP contribution >= 0.6 is 0 Å². The molecule has 1 aliphatic heterocycles. The number of carbonyl (C=O) groups excluding carboxylic acids is 1. The van der Waals surface area contributed by atoms with Crippen molar-refractivity contribution < 1.29 is 14.6 Å². The van der Waals surface area contributed by atoms with Crippen LogP contribution in [0.1, 0.15) is 5.56 Å². The second-order valence-corrected chi connectivity index (χ2v) is 4.42. The third-order valence-corrected chi connectivity index (χ3v) is 3.23. The maximum Gasteiger partial charge on any atom is 0.250 e. The maximum absolute atomic E-state index is 11.7. The van der Waals surface area contributed by atoms with Crippen molar-refractivity contribution in [2.24, 2.45) is 0 Å². The van der Waals surface area contributed by atoms with Gasteiger partial charge in [0.1, 0.15) is 18.1 Å². The third kappa shape index (κ3) is 1.91. The summed E-state index contributed by atoms with van der Waals surface area (Å²) in [7, 11) is 1.59. The molecule has 0 spiro atoms. The van der Waals surface area contributed by atoms with Crippen molar-refractivity contribution in [3.05, 3.63) is 41.5 Å². The first kappa shape index (κ1) is 11.6. The molecule has 0 radical (unpaired) electrons. The zero-order valence-corrected chi connectivity index (χ0v) is 10.4. The Morgan fingerprint density at radius 2 is 2.11 bits per heavy atom. The third-order valence-electron chi connectivity index (χ3n) is 3.23. The summed E-state index contributed by atoms with van der Waals surface area (Å²) in [5.74, 6) is 0.773. The molecular formula is C15H13NO3. The maximum atomic E-state index is 11.7. The molecule has 0 bridgehead atoms. The quantitative estimate of drug-likeness (QED) is 0.820. The number of likely N-dealkylation sites (N-methyl/N-ethyl adjacent to an activating group) is 1. The van der Waals surface area contributed by atoms with Gasteiger partial charge in [-0.15, -0.1) is 0 Å². The van der Waals surface area contributed by atoms with E-state index in [9.17, 15) is 9.90 Å². The van der Waals surface area contributed by atoms with Crippen LogP contribution in [0.5, 0.6) is 11.5 Å². The van der Waals surface area contributed by atoms with Crippen LogP contribution in [0.3, 0.4) is 0 Å². The van der Waals surface area contributed by atoms with E-state index in [-0.39, 0.29) is 18.3 Å². The lowest BCUT2D eigenvalue weighted by molar-refractivity contribution is -0.117. The molecule has 1 amide bonds. The Morgan fingerprint density at radius 3 is 2.89 bits per heavy atom. The molecule has 0 fully saturated rings. The van der Waals surface area contributed by atoms with E-state index in [1.165, 1.54) is 0 Å². The van der Waals surface area contributed by atoms with Gasteiger partial charge in [0.2, 0.25) is 5.91 Å². The second kappa shape index (κ2) is 4.31. The number of nitrogens with one attached hydrogen (secondary N) is 1. The average Bonchev–Trinajstić information content (AvgIpc) is 2.45. The number of phenols is 1. The van der Waals surface area contributed by atoms with Gasteiger partial charge >= 0.3 is 0 Å². The van der Waals surface area contributed by atoms with Crippen LogP contribution in [0, 0.1) is 0 Å². The standard InChI is InChI=1S/C15H13NO3/c1-16-15(18)10-6-13-12-7-11(17)4-2-9(12)3-5-14(13)19-8-10/h2-7,17H,8H2,1H3,(H,16,18). The summed E-state index contributed by atoms with van der Waals surface area (Å²) >= 11 is 0. The van der Waals surface area contributed by atoms with E-state index in [0.29, 0.717) is 5.57 Å². The van der Waals surface area contributed by atoms with Crippen LogP contribution in [-0.2, 0) is 4.79 Å². The zero-order chi connectivity index (χ0) is 13.4. The Hall–Kier alpha value is -2.49. The van der Waals surface area contributed by atoms with Gasteiger partial charge in [-0.2, -0.15) is 0 Å². The number of rotatable bonds is 1. The molecule has 2 aromatic carbocycles. The van der Waals surface area contributed by atoms with Crippen LogP contribution in [0.15, 0.2) is 35.9 Å². The Bertz CT molecular complexity index is 704. The molecule has 3 rings (SSSR count). The van der Waals surface area contributed by atoms with Crippen molar-refractivity contribution >= 4 is 22.8 Å². The van der Waals surface area contributed by atoms with E-state index in [1.807, 2.05) is 24.3 Å². The predicted octanol–water partition coefficient (Wildman–Crippen LogP) is 2.07. The van der Waals surface area contributed by atoms with Gasteiger partial charge in [0.15, 0.2) is 0 Å². The van der Waals surface area contributed by atoms with Gasteiger partial charge in [0.25, 0.3) is 0 Å². The summed E-state index contributed by atoms with van der Waals surface area (Å²) in [4.78, 5) is 11.7. The number of aromatic hydroxyl groups is 1. The SMILES string of the molecule is CNC(=O)C1=Cc2c(ccc3ccc(O)cc23)OC1. The fourth-order valence-corrected chi connectivity index (χ4v) is 2.25. The number of phenolic OH excluding ortho intramolecular Hbond substituents is 1. The van der Waals surface area contributed by atoms with E-state index in [2.05, 4.69) is 5.32 Å². The summed E-state index contributed by atoms with van der Waals surface area (Å²) in [5.41, 5.74) is 1.41. The fourth-order valence-electron chi connectivity index (χ4n) is 2.25. The first-order valence-electron chi connectivity index (χ1n) is 6.00. The van der Waals surface area contributed by atoms with E-state index in [0.717, 1.165) is 22.1 Å². The molecule has 96 valence electrons. The fraction of sp³-hybridized carbons (Fsp3) is 0.133. The highest BCUT2D eigenvalue weighted by atomic mass is 16.5. The van der Waals surface area contributed by atoms with Gasteiger partial charge in [0, 0.05) is 12.6 Å². The van der Waals surface area contributed by atoms with Gasteiger partial charge in [-0.3, -0.25) is 4.79 Å². The van der Waals surface area contributed by atoms with Crippen molar-refractivity contribution in [3.63, 3.8) is 0 Å². The molecule has 2 N–H and O–H groups in total. The molecule has 19 heavy (non-hydrogen) atoms. The lowest BCUT2D eigenvalue weighted by atomic mass is 9.99. The first-order valence-corrected chi connectivity index (χ1v) is 6.00. The number of ether oxygens (including phenoxy) is 1. The number of amides is 1. The number of hydrogen-bond donors (Lipinski definition) is 2. The Labute approximate surface area is 110 Å². The average molecular weight is 255 g/mol. The Kier molecular flexibility index (Phi) is 2.63. The molecular weight excluding hydrogens is 242 g/mol. The summed E-state index contributed by atoms with van der Waals surface area (Å²) in [6.45, 7) is 0.261. The molecule has 0 aliphatic carbocycles. The largest absolute Gasteiger partial charge is 0.508 e. The lowest BCUT2D eigenvalue weighted by Crippen LogP contribution is -2.25. The van der Waals surface area contributed by atoms with E-state index in [4.69, 9.17) is 4.74 Å². The van der Waals surface area contributed by atoms with E-state index in [1.54, 1.807) is 19.2 Å². The van der Waals surface area contributed by atoms with E-state index < -0.39 is 0 Å². The molecule has 0 aromatic heterocycles. The van der Waals surface area contributed by atoms with Gasteiger partial charge in [-0.05, 0) is 35.0 Å². The molecule has 0 atom stereocenters. The topological polar surface area (TPSA) is 58.6 Å². The number of carbonyl (C=O) groups is 1. The molecule has 0 saturated heterocycles. The minimum absolute atomic E-state index is 0.150. The van der Waals surface area contributed by atoms with Gasteiger partial charge < -0.3 is 15.2 Å². The van der Waals surface area contributed by atoms with Crippen LogP contribution in [0.4, 0.5) is 0 Å². The summed E-state index contributed by atoms with van der Waals surface area (Å²) in [6, 6.07) is 8.98. The molecule has 4 nitrogen and oxygen atoms in total. The molecule has 2 aromatic rings. The normalized spacial score (nSPS) is 13.4. The highest BCUT2D eigenvalue weighted by molar-refractivity contribution is 6.03. The molecule has 1 aliphatic rings. The highest BCUT2D eigenvalue weighted by Gasteiger charge is 2.18. The van der Waals surface area contributed by atoms with Gasteiger partial charge in [0.05, 0.1) is 5.57 Å². The minimum atomic E-state index is -0.150. The van der Waals surface area contributed by atoms with Gasteiger partial charge in [-0.1, -0.05) is 12.1 Å². The molecule has 0 saturated carbocycles. The van der Waals surface area contributed by atoms with Crippen LogP contribution in [-0.4, -0.2) is 24.7 Å². The smallest absolute Gasteiger partial charge is 0.250 e. The van der Waals surface area contributed by atoms with Crippen LogP contribution in [0.2, 0.25) is 0 Å². The van der Waals surface area contributed by atoms with Crippen molar-refractivity contribution in [1.29, 1.82) is 0 Å². The Balaban J connectivity index is 2.24. The summed E-state index contributed by atoms with van der Waals surface area (Å²) < 4.78 is 5.60. The van der Waals surface area contributed by atoms with Crippen molar-refractivity contribution in [3.8, 4) is 11.5 Å². The Morgan fingerprint density at radius 1 is 1.32 bits per heavy atom. The summed E-state index contributed by atoms with van der Waals surface area (Å²) in [6.07, 6.45) is 1.82. The first-order chi connectivity index (χ1) is 9.19. The predicted molar refractivity (Wildman–Crippen MR) is 73.2 cm³/mol. The lowest BCUT2D eigenvalue weighted by Gasteiger charge is -2.18.